The van der Waals surface area contributed by atoms with Gasteiger partial charge in [-0.1, -0.05) is 12.1 Å². The standard InChI is InChI=1S/C23H21N3O5/c24-12-18(22-25-19-5-1-2-6-20(19)26-22)21(27)14-31-23(28)15-7-9-16(10-8-15)30-13-17-4-3-11-29-17/h1-2,5-10,17,27H,3-4,11,13-14H2,(H,25,26)/b21-18-. The highest BCUT2D eigenvalue weighted by Gasteiger charge is 2.17. The van der Waals surface area contributed by atoms with Gasteiger partial charge in [0.1, 0.15) is 30.6 Å². The van der Waals surface area contributed by atoms with Gasteiger partial charge in [0.15, 0.2) is 11.6 Å². The second-order valence-corrected chi connectivity index (χ2v) is 7.08. The molecule has 0 spiro atoms. The molecule has 1 atom stereocenters. The van der Waals surface area contributed by atoms with E-state index < -0.39 is 12.6 Å². The van der Waals surface area contributed by atoms with Gasteiger partial charge in [-0.15, -0.1) is 0 Å². The average molecular weight is 419 g/mol. The topological polar surface area (TPSA) is 117 Å². The number of hydrogen-bond donors (Lipinski definition) is 2. The van der Waals surface area contributed by atoms with Crippen molar-refractivity contribution in [2.24, 2.45) is 0 Å². The molecule has 1 saturated heterocycles. The average Bonchev–Trinajstić information content (AvgIpc) is 3.46. The number of rotatable bonds is 7. The SMILES string of the molecule is N#C/C(=C(/O)COC(=O)c1ccc(OCC2CCCO2)cc1)c1nc2ccccc2[nH]1. The van der Waals surface area contributed by atoms with Gasteiger partial charge < -0.3 is 24.3 Å². The first kappa shape index (κ1) is 20.4. The minimum atomic E-state index is -0.626. The lowest BCUT2D eigenvalue weighted by atomic mass is 10.2. The summed E-state index contributed by atoms with van der Waals surface area (Å²) in [6.07, 6.45) is 2.14. The Labute approximate surface area is 178 Å². The molecule has 4 rings (SSSR count). The molecule has 0 saturated carbocycles. The van der Waals surface area contributed by atoms with E-state index in [0.717, 1.165) is 25.0 Å². The van der Waals surface area contributed by atoms with Crippen molar-refractivity contribution >= 4 is 22.6 Å². The molecule has 158 valence electrons. The molecule has 1 aromatic heterocycles. The Kier molecular flexibility index (Phi) is 6.15. The van der Waals surface area contributed by atoms with Crippen LogP contribution in [0.4, 0.5) is 0 Å². The molecule has 0 amide bonds. The van der Waals surface area contributed by atoms with E-state index in [1.165, 1.54) is 0 Å². The van der Waals surface area contributed by atoms with Crippen molar-refractivity contribution in [1.29, 1.82) is 5.26 Å². The normalized spacial score (nSPS) is 16.5. The molecule has 3 aromatic rings. The number of aliphatic hydroxyl groups excluding tert-OH is 1. The molecular weight excluding hydrogens is 398 g/mol. The maximum Gasteiger partial charge on any atom is 0.338 e. The van der Waals surface area contributed by atoms with Crippen LogP contribution in [0.5, 0.6) is 5.75 Å². The summed E-state index contributed by atoms with van der Waals surface area (Å²) < 4.78 is 16.3. The Balaban J connectivity index is 1.37. The Morgan fingerprint density at radius 1 is 1.26 bits per heavy atom. The zero-order valence-corrected chi connectivity index (χ0v) is 16.7. The van der Waals surface area contributed by atoms with Crippen LogP contribution in [0.3, 0.4) is 0 Å². The Hall–Kier alpha value is -3.83. The number of carbonyl (C=O) groups is 1. The molecule has 0 radical (unpaired) electrons. The van der Waals surface area contributed by atoms with E-state index >= 15 is 0 Å². The summed E-state index contributed by atoms with van der Waals surface area (Å²) in [6, 6.07) is 15.7. The summed E-state index contributed by atoms with van der Waals surface area (Å²) >= 11 is 0. The third-order valence-electron chi connectivity index (χ3n) is 4.92. The highest BCUT2D eigenvalue weighted by molar-refractivity contribution is 5.90. The van der Waals surface area contributed by atoms with Gasteiger partial charge in [0.05, 0.1) is 22.7 Å². The maximum atomic E-state index is 12.3. The molecule has 1 aliphatic heterocycles. The minimum absolute atomic E-state index is 0.0816. The number of esters is 1. The molecule has 2 aromatic carbocycles. The molecular formula is C23H21N3O5. The van der Waals surface area contributed by atoms with Crippen LogP contribution in [0.15, 0.2) is 54.3 Å². The van der Waals surface area contributed by atoms with Crippen molar-refractivity contribution in [3.63, 3.8) is 0 Å². The number of benzene rings is 2. The van der Waals surface area contributed by atoms with Crippen molar-refractivity contribution < 1.29 is 24.1 Å². The third-order valence-corrected chi connectivity index (χ3v) is 4.92. The van der Waals surface area contributed by atoms with Crippen LogP contribution in [0.25, 0.3) is 16.6 Å². The number of imidazole rings is 1. The van der Waals surface area contributed by atoms with Gasteiger partial charge in [-0.25, -0.2) is 9.78 Å². The van der Waals surface area contributed by atoms with Crippen molar-refractivity contribution in [3.05, 3.63) is 65.7 Å². The Bertz CT molecular complexity index is 1100. The van der Waals surface area contributed by atoms with E-state index in [2.05, 4.69) is 9.97 Å². The third kappa shape index (κ3) is 4.85. The van der Waals surface area contributed by atoms with Crippen LogP contribution in [0.1, 0.15) is 29.0 Å². The first-order valence-corrected chi connectivity index (χ1v) is 9.93. The fourth-order valence-corrected chi connectivity index (χ4v) is 3.27. The zero-order chi connectivity index (χ0) is 21.6. The Morgan fingerprint density at radius 2 is 2.06 bits per heavy atom. The van der Waals surface area contributed by atoms with Crippen molar-refractivity contribution in [2.75, 3.05) is 19.8 Å². The van der Waals surface area contributed by atoms with Crippen molar-refractivity contribution in [1.82, 2.24) is 9.97 Å². The summed E-state index contributed by atoms with van der Waals surface area (Å²) in [5.41, 5.74) is 1.62. The van der Waals surface area contributed by atoms with Gasteiger partial charge in [-0.05, 0) is 49.2 Å². The van der Waals surface area contributed by atoms with E-state index in [9.17, 15) is 15.2 Å². The Morgan fingerprint density at radius 3 is 2.77 bits per heavy atom. The number of hydrogen-bond acceptors (Lipinski definition) is 7. The zero-order valence-electron chi connectivity index (χ0n) is 16.7. The number of aromatic nitrogens is 2. The molecule has 1 unspecified atom stereocenters. The molecule has 0 bridgehead atoms. The van der Waals surface area contributed by atoms with Gasteiger partial charge in [-0.2, -0.15) is 5.26 Å². The lowest BCUT2D eigenvalue weighted by molar-refractivity contribution is 0.0502. The van der Waals surface area contributed by atoms with Crippen LogP contribution >= 0.6 is 0 Å². The number of allylic oxidation sites excluding steroid dienone is 1. The van der Waals surface area contributed by atoms with E-state index in [4.69, 9.17) is 14.2 Å². The van der Waals surface area contributed by atoms with Crippen LogP contribution in [0, 0.1) is 11.3 Å². The highest BCUT2D eigenvalue weighted by atomic mass is 16.5. The number of fused-ring (bicyclic) bond motifs is 1. The predicted molar refractivity (Wildman–Crippen MR) is 112 cm³/mol. The predicted octanol–water partition coefficient (Wildman–Crippen LogP) is 3.77. The number of nitrogens with one attached hydrogen (secondary N) is 1. The molecule has 1 aliphatic rings. The number of para-hydroxylation sites is 2. The van der Waals surface area contributed by atoms with Gasteiger partial charge in [0, 0.05) is 6.61 Å². The van der Waals surface area contributed by atoms with Crippen LogP contribution in [-0.2, 0) is 9.47 Å². The summed E-state index contributed by atoms with van der Waals surface area (Å²) in [4.78, 5) is 19.5. The number of nitriles is 1. The second kappa shape index (κ2) is 9.32. The van der Waals surface area contributed by atoms with Gasteiger partial charge in [0.25, 0.3) is 0 Å². The number of carbonyl (C=O) groups excluding carboxylic acids is 1. The maximum absolute atomic E-state index is 12.3. The summed E-state index contributed by atoms with van der Waals surface area (Å²) in [6.45, 7) is 0.793. The molecule has 31 heavy (non-hydrogen) atoms. The van der Waals surface area contributed by atoms with Crippen LogP contribution in [0.2, 0.25) is 0 Å². The smallest absolute Gasteiger partial charge is 0.338 e. The van der Waals surface area contributed by atoms with E-state index in [-0.39, 0.29) is 23.3 Å². The summed E-state index contributed by atoms with van der Waals surface area (Å²) in [7, 11) is 0. The van der Waals surface area contributed by atoms with Crippen molar-refractivity contribution in [2.45, 2.75) is 18.9 Å². The largest absolute Gasteiger partial charge is 0.507 e. The summed E-state index contributed by atoms with van der Waals surface area (Å²) in [5.74, 6) is -0.165. The van der Waals surface area contributed by atoms with Crippen LogP contribution < -0.4 is 4.74 Å². The number of aliphatic hydroxyl groups is 1. The molecule has 2 heterocycles. The molecule has 1 fully saturated rings. The van der Waals surface area contributed by atoms with E-state index in [0.29, 0.717) is 23.4 Å². The number of aromatic amines is 1. The van der Waals surface area contributed by atoms with E-state index in [1.54, 1.807) is 30.3 Å². The van der Waals surface area contributed by atoms with Gasteiger partial charge in [-0.3, -0.25) is 0 Å². The fourth-order valence-electron chi connectivity index (χ4n) is 3.27. The lowest BCUT2D eigenvalue weighted by Crippen LogP contribution is -2.16. The molecule has 0 aliphatic carbocycles. The molecule has 8 heteroatoms. The highest BCUT2D eigenvalue weighted by Crippen LogP contribution is 2.20. The number of ether oxygens (including phenoxy) is 3. The quantitative estimate of drug-likeness (QED) is 0.340. The molecule has 2 N–H and O–H groups in total. The fraction of sp³-hybridized carbons (Fsp3) is 0.261. The first-order chi connectivity index (χ1) is 15.1. The molecule has 8 nitrogen and oxygen atoms in total. The first-order valence-electron chi connectivity index (χ1n) is 9.93. The van der Waals surface area contributed by atoms with Crippen molar-refractivity contribution in [3.8, 4) is 11.8 Å². The van der Waals surface area contributed by atoms with Gasteiger partial charge >= 0.3 is 5.97 Å². The minimum Gasteiger partial charge on any atom is -0.507 e. The monoisotopic (exact) mass is 419 g/mol. The van der Waals surface area contributed by atoms with Gasteiger partial charge in [0.2, 0.25) is 0 Å². The lowest BCUT2D eigenvalue weighted by Gasteiger charge is -2.11. The second-order valence-electron chi connectivity index (χ2n) is 7.08. The number of nitrogens with zero attached hydrogens (tertiary/aromatic N) is 2. The number of H-pyrrole nitrogens is 1. The van der Waals surface area contributed by atoms with E-state index in [1.807, 2.05) is 24.3 Å². The van der Waals surface area contributed by atoms with Crippen LogP contribution in [-0.4, -0.2) is 47.0 Å². The summed E-state index contributed by atoms with van der Waals surface area (Å²) in [5, 5.41) is 19.7.